The number of amides is 1. The lowest BCUT2D eigenvalue weighted by Gasteiger charge is -2.38. The maximum Gasteiger partial charge on any atom is 0.254 e. The first-order valence-electron chi connectivity index (χ1n) is 8.03. The first kappa shape index (κ1) is 20.9. The minimum absolute atomic E-state index is 0. The molecule has 0 saturated carbocycles. The number of nitrogens with two attached hydrogens (primary N) is 1. The van der Waals surface area contributed by atoms with Gasteiger partial charge in [-0.1, -0.05) is 18.5 Å². The molecule has 1 fully saturated rings. The van der Waals surface area contributed by atoms with E-state index in [-0.39, 0.29) is 24.4 Å². The smallest absolute Gasteiger partial charge is 0.254 e. The van der Waals surface area contributed by atoms with E-state index in [4.69, 9.17) is 26.8 Å². The van der Waals surface area contributed by atoms with Gasteiger partial charge in [0, 0.05) is 24.7 Å². The number of hydrogen-bond donors (Lipinski definition) is 1. The molecule has 2 rings (SSSR count). The Balaban J connectivity index is 0.00000288. The molecular weight excluding hydrogens is 351 g/mol. The number of benzene rings is 1. The van der Waals surface area contributed by atoms with Gasteiger partial charge >= 0.3 is 0 Å². The van der Waals surface area contributed by atoms with Gasteiger partial charge in [0.1, 0.15) is 0 Å². The molecule has 1 aromatic carbocycles. The normalized spacial score (nSPS) is 20.3. The van der Waals surface area contributed by atoms with E-state index in [1.807, 2.05) is 11.8 Å². The van der Waals surface area contributed by atoms with Gasteiger partial charge in [0.05, 0.1) is 18.7 Å². The number of carbonyl (C=O) groups excluding carboxylic acids is 1. The SMILES string of the molecule is CCOc1c(Cl)cc(C(=O)N2CCC(C)CC2CN)cc1OC.Cl. The molecule has 24 heavy (non-hydrogen) atoms. The number of rotatable bonds is 5. The van der Waals surface area contributed by atoms with Crippen LogP contribution in [0.3, 0.4) is 0 Å². The van der Waals surface area contributed by atoms with Gasteiger partial charge in [0.15, 0.2) is 11.5 Å². The van der Waals surface area contributed by atoms with Crippen LogP contribution in [-0.2, 0) is 0 Å². The number of likely N-dealkylation sites (tertiary alicyclic amines) is 1. The Morgan fingerprint density at radius 3 is 2.75 bits per heavy atom. The second-order valence-corrected chi connectivity index (χ2v) is 6.35. The number of piperidine rings is 1. The topological polar surface area (TPSA) is 64.8 Å². The lowest BCUT2D eigenvalue weighted by Crippen LogP contribution is -2.49. The molecule has 0 radical (unpaired) electrons. The molecule has 2 unspecified atom stereocenters. The van der Waals surface area contributed by atoms with Crippen molar-refractivity contribution in [1.29, 1.82) is 0 Å². The fraction of sp³-hybridized carbons (Fsp3) is 0.588. The zero-order valence-corrected chi connectivity index (χ0v) is 16.0. The summed E-state index contributed by atoms with van der Waals surface area (Å²) in [5, 5.41) is 0.379. The zero-order chi connectivity index (χ0) is 17.0. The molecule has 1 heterocycles. The van der Waals surface area contributed by atoms with Gasteiger partial charge in [-0.2, -0.15) is 0 Å². The van der Waals surface area contributed by atoms with E-state index in [0.717, 1.165) is 19.4 Å². The maximum absolute atomic E-state index is 12.9. The highest BCUT2D eigenvalue weighted by atomic mass is 35.5. The minimum atomic E-state index is -0.0596. The van der Waals surface area contributed by atoms with Crippen molar-refractivity contribution >= 4 is 29.9 Å². The lowest BCUT2D eigenvalue weighted by atomic mass is 9.92. The number of hydrogen-bond acceptors (Lipinski definition) is 4. The third-order valence-corrected chi connectivity index (χ3v) is 4.56. The first-order chi connectivity index (χ1) is 11.0. The molecule has 2 N–H and O–H groups in total. The van der Waals surface area contributed by atoms with Crippen molar-refractivity contribution in [2.45, 2.75) is 32.7 Å². The summed E-state index contributed by atoms with van der Waals surface area (Å²) >= 11 is 6.27. The quantitative estimate of drug-likeness (QED) is 0.855. The van der Waals surface area contributed by atoms with E-state index in [9.17, 15) is 4.79 Å². The summed E-state index contributed by atoms with van der Waals surface area (Å²) in [7, 11) is 1.54. The number of nitrogens with zero attached hydrogens (tertiary/aromatic N) is 1. The van der Waals surface area contributed by atoms with Crippen LogP contribution in [0.25, 0.3) is 0 Å². The summed E-state index contributed by atoms with van der Waals surface area (Å²) in [4.78, 5) is 14.7. The van der Waals surface area contributed by atoms with Crippen LogP contribution in [0.2, 0.25) is 5.02 Å². The predicted molar refractivity (Wildman–Crippen MR) is 98.7 cm³/mol. The standard InChI is InChI=1S/C17H25ClN2O3.ClH/c1-4-23-16-14(18)8-12(9-15(16)22-3)17(21)20-6-5-11(2)7-13(20)10-19;/h8-9,11,13H,4-7,10,19H2,1-3H3;1H. The van der Waals surface area contributed by atoms with Gasteiger partial charge in [-0.05, 0) is 37.8 Å². The van der Waals surface area contributed by atoms with Crippen LogP contribution in [0.4, 0.5) is 0 Å². The Kier molecular flexibility index (Phi) is 8.13. The van der Waals surface area contributed by atoms with E-state index in [2.05, 4.69) is 6.92 Å². The van der Waals surface area contributed by atoms with Crippen LogP contribution < -0.4 is 15.2 Å². The molecule has 136 valence electrons. The van der Waals surface area contributed by atoms with Crippen LogP contribution in [-0.4, -0.2) is 43.7 Å². The summed E-state index contributed by atoms with van der Waals surface area (Å²) in [5.41, 5.74) is 6.36. The molecule has 1 aliphatic rings. The van der Waals surface area contributed by atoms with Gasteiger partial charge in [-0.3, -0.25) is 4.79 Å². The molecule has 2 atom stereocenters. The monoisotopic (exact) mass is 376 g/mol. The molecule has 7 heteroatoms. The molecule has 0 aliphatic carbocycles. The number of methoxy groups -OCH3 is 1. The average molecular weight is 377 g/mol. The van der Waals surface area contributed by atoms with Crippen molar-refractivity contribution in [3.8, 4) is 11.5 Å². The summed E-state index contributed by atoms with van der Waals surface area (Å²) in [6.45, 7) is 5.73. The van der Waals surface area contributed by atoms with Crippen molar-refractivity contribution in [2.24, 2.45) is 11.7 Å². The van der Waals surface area contributed by atoms with E-state index >= 15 is 0 Å². The number of ether oxygens (including phenoxy) is 2. The summed E-state index contributed by atoms with van der Waals surface area (Å²) in [6, 6.07) is 3.40. The third-order valence-electron chi connectivity index (χ3n) is 4.28. The van der Waals surface area contributed by atoms with Crippen LogP contribution in [0, 0.1) is 5.92 Å². The van der Waals surface area contributed by atoms with Crippen LogP contribution in [0.1, 0.15) is 37.0 Å². The van der Waals surface area contributed by atoms with Gasteiger partial charge in [-0.15, -0.1) is 12.4 Å². The van der Waals surface area contributed by atoms with E-state index < -0.39 is 0 Å². The van der Waals surface area contributed by atoms with Gasteiger partial charge < -0.3 is 20.1 Å². The molecule has 0 aromatic heterocycles. The molecule has 5 nitrogen and oxygen atoms in total. The number of halogens is 2. The van der Waals surface area contributed by atoms with Crippen molar-refractivity contribution in [2.75, 3.05) is 26.8 Å². The second-order valence-electron chi connectivity index (χ2n) is 5.94. The summed E-state index contributed by atoms with van der Waals surface area (Å²) < 4.78 is 10.8. The van der Waals surface area contributed by atoms with Crippen molar-refractivity contribution in [3.63, 3.8) is 0 Å². The Morgan fingerprint density at radius 2 is 2.17 bits per heavy atom. The molecule has 0 bridgehead atoms. The molecule has 1 aliphatic heterocycles. The van der Waals surface area contributed by atoms with Crippen molar-refractivity contribution in [3.05, 3.63) is 22.7 Å². The summed E-state index contributed by atoms with van der Waals surface area (Å²) in [5.74, 6) is 1.47. The van der Waals surface area contributed by atoms with Crippen LogP contribution in [0.5, 0.6) is 11.5 Å². The van der Waals surface area contributed by atoms with E-state index in [1.165, 1.54) is 7.11 Å². The predicted octanol–water partition coefficient (Wildman–Crippen LogP) is 3.37. The number of carbonyl (C=O) groups is 1. The van der Waals surface area contributed by atoms with Gasteiger partial charge in [-0.25, -0.2) is 0 Å². The molecule has 1 amide bonds. The van der Waals surface area contributed by atoms with Gasteiger partial charge in [0.25, 0.3) is 5.91 Å². The Bertz CT molecular complexity index is 569. The highest BCUT2D eigenvalue weighted by Crippen LogP contribution is 2.37. The fourth-order valence-corrected chi connectivity index (χ4v) is 3.30. The minimum Gasteiger partial charge on any atom is -0.493 e. The van der Waals surface area contributed by atoms with Crippen molar-refractivity contribution < 1.29 is 14.3 Å². The maximum atomic E-state index is 12.9. The second kappa shape index (κ2) is 9.35. The Hall–Kier alpha value is -1.17. The van der Waals surface area contributed by atoms with Gasteiger partial charge in [0.2, 0.25) is 0 Å². The lowest BCUT2D eigenvalue weighted by molar-refractivity contribution is 0.0573. The highest BCUT2D eigenvalue weighted by Gasteiger charge is 2.30. The molecule has 0 spiro atoms. The molecule has 1 saturated heterocycles. The highest BCUT2D eigenvalue weighted by molar-refractivity contribution is 6.32. The molecule has 1 aromatic rings. The largest absolute Gasteiger partial charge is 0.493 e. The van der Waals surface area contributed by atoms with E-state index in [1.54, 1.807) is 12.1 Å². The first-order valence-corrected chi connectivity index (χ1v) is 8.40. The van der Waals surface area contributed by atoms with Crippen LogP contribution in [0.15, 0.2) is 12.1 Å². The Morgan fingerprint density at radius 1 is 1.46 bits per heavy atom. The van der Waals surface area contributed by atoms with Crippen molar-refractivity contribution in [1.82, 2.24) is 4.90 Å². The van der Waals surface area contributed by atoms with Crippen LogP contribution >= 0.6 is 24.0 Å². The van der Waals surface area contributed by atoms with E-state index in [0.29, 0.717) is 41.2 Å². The Labute approximate surface area is 154 Å². The average Bonchev–Trinajstić information content (AvgIpc) is 2.55. The molecular formula is C17H26Cl2N2O3. The third kappa shape index (κ3) is 4.47. The summed E-state index contributed by atoms with van der Waals surface area (Å²) in [6.07, 6.45) is 1.92. The fourth-order valence-electron chi connectivity index (χ4n) is 3.04. The zero-order valence-electron chi connectivity index (χ0n) is 14.4.